The van der Waals surface area contributed by atoms with Gasteiger partial charge in [0, 0.05) is 11.5 Å². The first-order valence-electron chi connectivity index (χ1n) is 3.27. The minimum absolute atomic E-state index is 1.14. The van der Waals surface area contributed by atoms with E-state index in [1.165, 1.54) is 17.9 Å². The molecule has 0 unspecified atom stereocenters. The Kier molecular flexibility index (Phi) is 8.85. The molecule has 0 nitrogen and oxygen atoms in total. The van der Waals surface area contributed by atoms with Crippen LogP contribution in [0.25, 0.3) is 0 Å². The minimum atomic E-state index is 1.14. The molecule has 0 fully saturated rings. The van der Waals surface area contributed by atoms with Crippen molar-refractivity contribution in [1.29, 1.82) is 0 Å². The molecule has 0 aromatic rings. The summed E-state index contributed by atoms with van der Waals surface area (Å²) in [6, 6.07) is 0. The number of hydrogen-bond donors (Lipinski definition) is 0. The molecule has 0 rings (SSSR count). The Labute approximate surface area is 65.9 Å². The molecule has 0 aromatic heterocycles. The standard InChI is InChI=1S/C7H14S2/c1-3-5-7-9-8-6-4-2/h3H,1,4-7H2,2H3. The molecule has 0 aliphatic carbocycles. The zero-order valence-electron chi connectivity index (χ0n) is 5.93. The second kappa shape index (κ2) is 8.44. The highest BCUT2D eigenvalue weighted by molar-refractivity contribution is 8.76. The summed E-state index contributed by atoms with van der Waals surface area (Å²) in [6.45, 7) is 5.87. The van der Waals surface area contributed by atoms with Gasteiger partial charge in [0.05, 0.1) is 0 Å². The second-order valence-corrected chi connectivity index (χ2v) is 4.42. The SMILES string of the molecule is C=CCCSSCCC. The quantitative estimate of drug-likeness (QED) is 0.334. The van der Waals surface area contributed by atoms with Crippen LogP contribution in [0.2, 0.25) is 0 Å². The van der Waals surface area contributed by atoms with Crippen LogP contribution in [0, 0.1) is 0 Å². The molecule has 54 valence electrons. The number of rotatable bonds is 6. The molecule has 0 N–H and O–H groups in total. The fourth-order valence-corrected chi connectivity index (χ4v) is 2.49. The van der Waals surface area contributed by atoms with Crippen molar-refractivity contribution in [2.75, 3.05) is 11.5 Å². The maximum Gasteiger partial charge on any atom is 0.00714 e. The summed E-state index contributed by atoms with van der Waals surface area (Å²) in [4.78, 5) is 0. The van der Waals surface area contributed by atoms with Crippen molar-refractivity contribution < 1.29 is 0 Å². The molecule has 0 aromatic carbocycles. The second-order valence-electron chi connectivity index (χ2n) is 1.72. The van der Waals surface area contributed by atoms with Crippen LogP contribution >= 0.6 is 21.6 Å². The monoisotopic (exact) mass is 162 g/mol. The highest BCUT2D eigenvalue weighted by Crippen LogP contribution is 2.22. The van der Waals surface area contributed by atoms with E-state index in [1.807, 2.05) is 27.7 Å². The van der Waals surface area contributed by atoms with Crippen LogP contribution in [0.1, 0.15) is 19.8 Å². The van der Waals surface area contributed by atoms with Gasteiger partial charge in [-0.1, -0.05) is 34.6 Å². The van der Waals surface area contributed by atoms with E-state index in [4.69, 9.17) is 0 Å². The van der Waals surface area contributed by atoms with E-state index in [9.17, 15) is 0 Å². The smallest absolute Gasteiger partial charge is 0.00714 e. The Bertz CT molecular complexity index is 61.9. The van der Waals surface area contributed by atoms with Gasteiger partial charge in [0.25, 0.3) is 0 Å². The largest absolute Gasteiger partial charge is 0.103 e. The summed E-state index contributed by atoms with van der Waals surface area (Å²) in [6.07, 6.45) is 4.40. The third-order valence-electron chi connectivity index (χ3n) is 0.776. The molecule has 0 atom stereocenters. The molecule has 0 aliphatic heterocycles. The van der Waals surface area contributed by atoms with Gasteiger partial charge in [0.1, 0.15) is 0 Å². The van der Waals surface area contributed by atoms with Crippen LogP contribution in [0.3, 0.4) is 0 Å². The molecule has 2 heteroatoms. The summed E-state index contributed by atoms with van der Waals surface area (Å²) < 4.78 is 0. The summed E-state index contributed by atoms with van der Waals surface area (Å²) >= 11 is 0. The van der Waals surface area contributed by atoms with Crippen LogP contribution < -0.4 is 0 Å². The molecule has 0 heterocycles. The molecule has 0 bridgehead atoms. The molecule has 0 aliphatic rings. The van der Waals surface area contributed by atoms with Crippen molar-refractivity contribution in [1.82, 2.24) is 0 Å². The van der Waals surface area contributed by atoms with Gasteiger partial charge in [-0.15, -0.1) is 6.58 Å². The van der Waals surface area contributed by atoms with E-state index in [2.05, 4.69) is 13.5 Å². The molecule has 9 heavy (non-hydrogen) atoms. The van der Waals surface area contributed by atoms with Gasteiger partial charge in [-0.05, 0) is 12.8 Å². The average molecular weight is 162 g/mol. The van der Waals surface area contributed by atoms with Crippen LogP contribution in [0.4, 0.5) is 0 Å². The van der Waals surface area contributed by atoms with Crippen molar-refractivity contribution in [2.24, 2.45) is 0 Å². The summed E-state index contributed by atoms with van der Waals surface area (Å²) in [5, 5.41) is 0. The molecular weight excluding hydrogens is 148 g/mol. The van der Waals surface area contributed by atoms with Gasteiger partial charge in [-0.3, -0.25) is 0 Å². The van der Waals surface area contributed by atoms with Gasteiger partial charge >= 0.3 is 0 Å². The highest BCUT2D eigenvalue weighted by Gasteiger charge is 1.84. The summed E-state index contributed by atoms with van der Waals surface area (Å²) in [5.41, 5.74) is 0. The number of allylic oxidation sites excluding steroid dienone is 1. The molecule has 0 spiro atoms. The van der Waals surface area contributed by atoms with Crippen molar-refractivity contribution >= 4 is 21.6 Å². The van der Waals surface area contributed by atoms with Gasteiger partial charge in [0.2, 0.25) is 0 Å². The Morgan fingerprint density at radius 3 is 2.56 bits per heavy atom. The fraction of sp³-hybridized carbons (Fsp3) is 0.714. The van der Waals surface area contributed by atoms with Crippen molar-refractivity contribution in [2.45, 2.75) is 19.8 Å². The van der Waals surface area contributed by atoms with E-state index in [-0.39, 0.29) is 0 Å². The molecule has 0 radical (unpaired) electrons. The lowest BCUT2D eigenvalue weighted by Gasteiger charge is -1.94. The summed E-state index contributed by atoms with van der Waals surface area (Å²) in [5.74, 6) is 2.50. The Hall–Kier alpha value is 0.440. The molecule has 0 saturated carbocycles. The topological polar surface area (TPSA) is 0 Å². The van der Waals surface area contributed by atoms with Crippen LogP contribution in [0.5, 0.6) is 0 Å². The predicted octanol–water partition coefficient (Wildman–Crippen LogP) is 3.35. The zero-order valence-corrected chi connectivity index (χ0v) is 7.56. The Balaban J connectivity index is 2.66. The van der Waals surface area contributed by atoms with Gasteiger partial charge in [0.15, 0.2) is 0 Å². The van der Waals surface area contributed by atoms with E-state index in [0.29, 0.717) is 0 Å². The summed E-state index contributed by atoms with van der Waals surface area (Å²) in [7, 11) is 3.91. The molecule has 0 saturated heterocycles. The van der Waals surface area contributed by atoms with Gasteiger partial charge in [-0.25, -0.2) is 0 Å². The molecule has 0 amide bonds. The van der Waals surface area contributed by atoms with Gasteiger partial charge in [-0.2, -0.15) is 0 Å². The first kappa shape index (κ1) is 9.44. The van der Waals surface area contributed by atoms with Crippen LogP contribution in [-0.2, 0) is 0 Å². The van der Waals surface area contributed by atoms with E-state index in [1.54, 1.807) is 0 Å². The molecular formula is C7H14S2. The number of hydrogen-bond acceptors (Lipinski definition) is 2. The highest BCUT2D eigenvalue weighted by atomic mass is 33.1. The lowest BCUT2D eigenvalue weighted by molar-refractivity contribution is 1.11. The van der Waals surface area contributed by atoms with E-state index < -0.39 is 0 Å². The maximum atomic E-state index is 3.66. The van der Waals surface area contributed by atoms with Gasteiger partial charge < -0.3 is 0 Å². The normalized spacial score (nSPS) is 9.44. The van der Waals surface area contributed by atoms with Crippen LogP contribution in [-0.4, -0.2) is 11.5 Å². The third kappa shape index (κ3) is 8.44. The zero-order chi connectivity index (χ0) is 6.95. The van der Waals surface area contributed by atoms with E-state index >= 15 is 0 Å². The maximum absolute atomic E-state index is 3.66. The van der Waals surface area contributed by atoms with E-state index in [0.717, 1.165) is 6.42 Å². The first-order valence-corrected chi connectivity index (χ1v) is 5.76. The van der Waals surface area contributed by atoms with Crippen molar-refractivity contribution in [3.8, 4) is 0 Å². The lowest BCUT2D eigenvalue weighted by Crippen LogP contribution is -1.72. The Morgan fingerprint density at radius 1 is 1.33 bits per heavy atom. The minimum Gasteiger partial charge on any atom is -0.103 e. The van der Waals surface area contributed by atoms with Crippen molar-refractivity contribution in [3.63, 3.8) is 0 Å². The first-order chi connectivity index (χ1) is 4.41. The fourth-order valence-electron chi connectivity index (χ4n) is 0.333. The Morgan fingerprint density at radius 2 is 2.00 bits per heavy atom. The van der Waals surface area contributed by atoms with Crippen LogP contribution in [0.15, 0.2) is 12.7 Å². The third-order valence-corrected chi connectivity index (χ3v) is 3.42. The average Bonchev–Trinajstić information content (AvgIpc) is 1.89. The van der Waals surface area contributed by atoms with Crippen molar-refractivity contribution in [3.05, 3.63) is 12.7 Å². The predicted molar refractivity (Wildman–Crippen MR) is 50.0 cm³/mol. The lowest BCUT2D eigenvalue weighted by atomic mass is 10.5.